The fraction of sp³-hybridized carbons (Fsp3) is 0.143. The highest BCUT2D eigenvalue weighted by Gasteiger charge is 2.17. The van der Waals surface area contributed by atoms with Crippen LogP contribution in [0.25, 0.3) is 22.3 Å². The van der Waals surface area contributed by atoms with Gasteiger partial charge in [0, 0.05) is 48.5 Å². The van der Waals surface area contributed by atoms with Gasteiger partial charge in [0.1, 0.15) is 10.2 Å². The first kappa shape index (κ1) is 38.5. The van der Waals surface area contributed by atoms with Crippen LogP contribution in [-0.2, 0) is 19.2 Å². The average molecular weight is 726 g/mol. The molecule has 2 atom stereocenters. The maximum Gasteiger partial charge on any atom is 0.322 e. The van der Waals surface area contributed by atoms with E-state index in [4.69, 9.17) is 32.0 Å². The van der Waals surface area contributed by atoms with Crippen LogP contribution in [0.5, 0.6) is 0 Å². The molecule has 0 saturated heterocycles. The van der Waals surface area contributed by atoms with E-state index in [1.165, 1.54) is 49.6 Å². The van der Waals surface area contributed by atoms with Crippen LogP contribution in [0.3, 0.4) is 0 Å². The Morgan fingerprint density at radius 3 is 0.913 bits per heavy atom. The van der Waals surface area contributed by atoms with Crippen LogP contribution in [0.2, 0.25) is 0 Å². The zero-order valence-electron chi connectivity index (χ0n) is 23.4. The molecular formula is C28H26BrClN4O12. The first-order chi connectivity index (χ1) is 21.6. The van der Waals surface area contributed by atoms with Crippen molar-refractivity contribution in [2.45, 2.75) is 23.0 Å². The van der Waals surface area contributed by atoms with Crippen molar-refractivity contribution < 1.29 is 58.5 Å². The molecule has 4 N–H and O–H groups in total. The Hall–Kier alpha value is -5.55. The quantitative estimate of drug-likeness (QED) is 0.115. The summed E-state index contributed by atoms with van der Waals surface area (Å²) in [5, 5.41) is 73.9. The van der Waals surface area contributed by atoms with E-state index < -0.39 is 46.9 Å². The van der Waals surface area contributed by atoms with Crippen molar-refractivity contribution in [1.82, 2.24) is 0 Å². The van der Waals surface area contributed by atoms with Gasteiger partial charge in [-0.3, -0.25) is 19.2 Å². The zero-order valence-corrected chi connectivity index (χ0v) is 25.7. The molecule has 16 nitrogen and oxygen atoms in total. The van der Waals surface area contributed by atoms with Gasteiger partial charge in [0.05, 0.1) is 12.8 Å². The highest BCUT2D eigenvalue weighted by atomic mass is 79.9. The molecule has 4 rings (SSSR count). The molecule has 4 aromatic rings. The minimum Gasteiger partial charge on any atom is -0.619 e. The number of carboxylic acid groups (broad SMARTS) is 4. The largest absolute Gasteiger partial charge is 0.619 e. The van der Waals surface area contributed by atoms with Crippen molar-refractivity contribution in [1.29, 1.82) is 0 Å². The molecule has 0 amide bonds. The van der Waals surface area contributed by atoms with Gasteiger partial charge < -0.3 is 41.3 Å². The number of hydrogen-bond donors (Lipinski definition) is 4. The Kier molecular flexibility index (Phi) is 16.5. The van der Waals surface area contributed by atoms with Gasteiger partial charge in [-0.1, -0.05) is 15.9 Å². The van der Waals surface area contributed by atoms with Crippen molar-refractivity contribution in [3.05, 3.63) is 119 Å². The van der Waals surface area contributed by atoms with Gasteiger partial charge in [-0.15, -0.1) is 11.6 Å². The molecule has 0 aliphatic carbocycles. The molecule has 18 heteroatoms. The standard InChI is InChI=1S/2C10H8N2O2.C4H5BrO4.C4H5ClO4/c2*13-11-5-1-9(2-6-11)10-3-7-12(14)8-4-10;2*5-2(4(8)9)1-3(6)7/h2*1-8H;2*2H,1H2,(H,6,7)(H,8,9)/t;;2*2-/m..10/s1. The molecule has 46 heavy (non-hydrogen) atoms. The monoisotopic (exact) mass is 724 g/mol. The summed E-state index contributed by atoms with van der Waals surface area (Å²) >= 11 is 7.69. The van der Waals surface area contributed by atoms with E-state index in [2.05, 4.69) is 15.9 Å². The van der Waals surface area contributed by atoms with Gasteiger partial charge in [0.25, 0.3) is 0 Å². The number of alkyl halides is 2. The molecule has 0 aliphatic heterocycles. The number of carbonyl (C=O) groups is 4. The van der Waals surface area contributed by atoms with E-state index in [-0.39, 0.29) is 0 Å². The second kappa shape index (κ2) is 19.7. The third-order valence-electron chi connectivity index (χ3n) is 5.12. The summed E-state index contributed by atoms with van der Waals surface area (Å²) in [6, 6.07) is 13.6. The van der Waals surface area contributed by atoms with E-state index in [1.54, 1.807) is 48.5 Å². The second-order valence-corrected chi connectivity index (χ2v) is 10.2. The van der Waals surface area contributed by atoms with Crippen LogP contribution < -0.4 is 18.9 Å². The van der Waals surface area contributed by atoms with Gasteiger partial charge in [0.2, 0.25) is 0 Å². The fourth-order valence-electron chi connectivity index (χ4n) is 2.90. The Bertz CT molecular complexity index is 1350. The van der Waals surface area contributed by atoms with Crippen molar-refractivity contribution in [3.8, 4) is 22.3 Å². The summed E-state index contributed by atoms with van der Waals surface area (Å²) in [4.78, 5) is 38.4. The molecule has 0 fully saturated rings. The maximum atomic E-state index is 10.8. The van der Waals surface area contributed by atoms with Gasteiger partial charge >= 0.3 is 23.9 Å². The van der Waals surface area contributed by atoms with Gasteiger partial charge in [-0.05, 0) is 22.3 Å². The molecule has 0 aromatic carbocycles. The predicted molar refractivity (Wildman–Crippen MR) is 162 cm³/mol. The lowest BCUT2D eigenvalue weighted by molar-refractivity contribution is -0.605. The lowest BCUT2D eigenvalue weighted by Crippen LogP contribution is -2.24. The lowest BCUT2D eigenvalue weighted by Gasteiger charge is -2.00. The molecule has 0 bridgehead atoms. The molecule has 4 heterocycles. The van der Waals surface area contributed by atoms with Gasteiger partial charge in [0.15, 0.2) is 49.6 Å². The smallest absolute Gasteiger partial charge is 0.322 e. The maximum absolute atomic E-state index is 10.8. The Morgan fingerprint density at radius 2 is 0.783 bits per heavy atom. The number of halogens is 2. The molecule has 0 aliphatic rings. The second-order valence-electron chi connectivity index (χ2n) is 8.59. The van der Waals surface area contributed by atoms with E-state index in [1.807, 2.05) is 0 Å². The Labute approximate surface area is 273 Å². The molecular weight excluding hydrogens is 700 g/mol. The van der Waals surface area contributed by atoms with Crippen LogP contribution in [0, 0.1) is 20.8 Å². The zero-order chi connectivity index (χ0) is 34.8. The Morgan fingerprint density at radius 1 is 0.543 bits per heavy atom. The normalized spacial score (nSPS) is 11.0. The summed E-state index contributed by atoms with van der Waals surface area (Å²) in [5.41, 5.74) is 3.66. The first-order valence-corrected chi connectivity index (χ1v) is 13.9. The predicted octanol–water partition coefficient (Wildman–Crippen LogP) is 1.70. The summed E-state index contributed by atoms with van der Waals surface area (Å²) in [5.74, 6) is -4.80. The van der Waals surface area contributed by atoms with Crippen LogP contribution in [0.1, 0.15) is 12.8 Å². The van der Waals surface area contributed by atoms with E-state index in [0.717, 1.165) is 41.2 Å². The average Bonchev–Trinajstić information content (AvgIpc) is 2.99. The molecule has 0 spiro atoms. The first-order valence-electron chi connectivity index (χ1n) is 12.5. The Balaban J connectivity index is 0.000000315. The topological polar surface area (TPSA) is 257 Å². The number of rotatable bonds is 8. The van der Waals surface area contributed by atoms with Crippen molar-refractivity contribution in [2.24, 2.45) is 0 Å². The fourth-order valence-corrected chi connectivity index (χ4v) is 3.31. The molecule has 244 valence electrons. The molecule has 0 radical (unpaired) electrons. The van der Waals surface area contributed by atoms with Gasteiger partial charge in [-0.25, -0.2) is 0 Å². The number of aromatic nitrogens is 4. The highest BCUT2D eigenvalue weighted by Crippen LogP contribution is 2.16. The third kappa shape index (κ3) is 15.8. The number of aliphatic carboxylic acids is 4. The summed E-state index contributed by atoms with van der Waals surface area (Å²) in [6.45, 7) is 0. The molecule has 0 saturated carbocycles. The van der Waals surface area contributed by atoms with E-state index in [0.29, 0.717) is 0 Å². The number of carboxylic acids is 4. The van der Waals surface area contributed by atoms with Gasteiger partial charge in [-0.2, -0.15) is 18.9 Å². The van der Waals surface area contributed by atoms with E-state index >= 15 is 0 Å². The summed E-state index contributed by atoms with van der Waals surface area (Å²) in [7, 11) is 0. The number of nitrogens with zero attached hydrogens (tertiary/aromatic N) is 4. The number of hydrogen-bond acceptors (Lipinski definition) is 8. The van der Waals surface area contributed by atoms with Crippen molar-refractivity contribution in [2.75, 3.05) is 0 Å². The number of pyridine rings is 4. The summed E-state index contributed by atoms with van der Waals surface area (Å²) in [6.07, 6.45) is 10.5. The highest BCUT2D eigenvalue weighted by molar-refractivity contribution is 9.10. The van der Waals surface area contributed by atoms with Crippen LogP contribution in [0.15, 0.2) is 98.1 Å². The van der Waals surface area contributed by atoms with E-state index in [9.17, 15) is 40.0 Å². The minimum absolute atomic E-state index is 0.394. The van der Waals surface area contributed by atoms with Crippen molar-refractivity contribution >= 4 is 51.4 Å². The summed E-state index contributed by atoms with van der Waals surface area (Å²) < 4.78 is 2.89. The third-order valence-corrected chi connectivity index (χ3v) is 6.17. The lowest BCUT2D eigenvalue weighted by atomic mass is 10.1. The molecule has 0 unspecified atom stereocenters. The van der Waals surface area contributed by atoms with Crippen molar-refractivity contribution in [3.63, 3.8) is 0 Å². The van der Waals surface area contributed by atoms with Crippen LogP contribution in [-0.4, -0.2) is 54.5 Å². The molecule has 4 aromatic heterocycles. The minimum atomic E-state index is -1.32. The van der Waals surface area contributed by atoms with Crippen LogP contribution >= 0.6 is 27.5 Å². The van der Waals surface area contributed by atoms with Crippen LogP contribution in [0.4, 0.5) is 0 Å². The SMILES string of the molecule is O=C(O)C[C@@H](Br)C(=O)O.O=C(O)C[C@H](Cl)C(=O)O.[O-][n+]1ccc(-c2cc[n+]([O-])cc2)cc1.[O-][n+]1ccc(-c2cc[n+]([O-])cc2)cc1.